The molecule has 2 amide bonds. The van der Waals surface area contributed by atoms with Crippen molar-refractivity contribution in [3.63, 3.8) is 0 Å². The van der Waals surface area contributed by atoms with Crippen LogP contribution in [0.15, 0.2) is 48.5 Å². The van der Waals surface area contributed by atoms with Gasteiger partial charge in [-0.15, -0.1) is 0 Å². The Bertz CT molecular complexity index is 981. The monoisotopic (exact) mass is 436 g/mol. The van der Waals surface area contributed by atoms with Crippen molar-refractivity contribution in [2.24, 2.45) is 11.3 Å². The quantitative estimate of drug-likeness (QED) is 0.738. The summed E-state index contributed by atoms with van der Waals surface area (Å²) in [5, 5.41) is 14.6. The summed E-state index contributed by atoms with van der Waals surface area (Å²) in [6, 6.07) is 14.7. The summed E-state index contributed by atoms with van der Waals surface area (Å²) in [6.07, 6.45) is 0.450. The maximum atomic E-state index is 13.5. The van der Waals surface area contributed by atoms with E-state index in [0.717, 1.165) is 16.7 Å². The molecule has 5 heteroatoms. The van der Waals surface area contributed by atoms with Gasteiger partial charge in [0, 0.05) is 24.1 Å². The van der Waals surface area contributed by atoms with Crippen molar-refractivity contribution >= 4 is 11.8 Å². The number of likely N-dealkylation sites (tertiary alicyclic amines) is 1. The standard InChI is InChI=1S/C27H36N2O3/c1-18(2)23(28-24(30)22-10-8-7-9-20(22)4)25(31)29-16-15-27(32,26(5,6)17-29)21-13-11-19(3)12-14-21/h7-14,18,23,32H,15-17H2,1-6H3,(H,28,30)/t23-,27+/m1/s1. The summed E-state index contributed by atoms with van der Waals surface area (Å²) in [7, 11) is 0. The van der Waals surface area contributed by atoms with Crippen LogP contribution in [0, 0.1) is 25.2 Å². The second-order valence-electron chi connectivity index (χ2n) is 10.1. The minimum atomic E-state index is -1.02. The predicted molar refractivity (Wildman–Crippen MR) is 127 cm³/mol. The lowest BCUT2D eigenvalue weighted by molar-refractivity contribution is -0.155. The van der Waals surface area contributed by atoms with Gasteiger partial charge in [-0.3, -0.25) is 9.59 Å². The van der Waals surface area contributed by atoms with Crippen molar-refractivity contribution in [3.8, 4) is 0 Å². The van der Waals surface area contributed by atoms with Crippen LogP contribution in [0.4, 0.5) is 0 Å². The minimum absolute atomic E-state index is 0.0588. The van der Waals surface area contributed by atoms with E-state index in [9.17, 15) is 14.7 Å². The van der Waals surface area contributed by atoms with Crippen LogP contribution >= 0.6 is 0 Å². The maximum absolute atomic E-state index is 13.5. The van der Waals surface area contributed by atoms with Gasteiger partial charge in [0.25, 0.3) is 5.91 Å². The first-order valence-corrected chi connectivity index (χ1v) is 11.4. The largest absolute Gasteiger partial charge is 0.384 e. The fraction of sp³-hybridized carbons (Fsp3) is 0.481. The molecule has 2 atom stereocenters. The molecular weight excluding hydrogens is 400 g/mol. The lowest BCUT2D eigenvalue weighted by atomic mass is 9.66. The Morgan fingerprint density at radius 2 is 1.66 bits per heavy atom. The Hall–Kier alpha value is -2.66. The van der Waals surface area contributed by atoms with E-state index in [0.29, 0.717) is 25.1 Å². The Kier molecular flexibility index (Phi) is 6.80. The van der Waals surface area contributed by atoms with Crippen LogP contribution in [-0.2, 0) is 10.4 Å². The Morgan fingerprint density at radius 1 is 1.03 bits per heavy atom. The first-order chi connectivity index (χ1) is 15.0. The zero-order valence-electron chi connectivity index (χ0n) is 20.1. The van der Waals surface area contributed by atoms with Gasteiger partial charge in [0.1, 0.15) is 6.04 Å². The molecule has 2 aromatic carbocycles. The molecule has 0 aliphatic carbocycles. The topological polar surface area (TPSA) is 69.6 Å². The molecule has 1 aliphatic rings. The fourth-order valence-electron chi connectivity index (χ4n) is 4.63. The summed E-state index contributed by atoms with van der Waals surface area (Å²) >= 11 is 0. The lowest BCUT2D eigenvalue weighted by Gasteiger charge is -2.51. The van der Waals surface area contributed by atoms with E-state index in [1.807, 2.05) is 84.0 Å². The Morgan fingerprint density at radius 3 is 2.22 bits per heavy atom. The molecule has 2 aromatic rings. The van der Waals surface area contributed by atoms with E-state index in [1.165, 1.54) is 0 Å². The van der Waals surface area contributed by atoms with Crippen molar-refractivity contribution in [3.05, 3.63) is 70.8 Å². The first kappa shape index (κ1) is 24.0. The number of amides is 2. The number of hydrogen-bond acceptors (Lipinski definition) is 3. The lowest BCUT2D eigenvalue weighted by Crippen LogP contribution is -2.60. The van der Waals surface area contributed by atoms with Gasteiger partial charge in [-0.1, -0.05) is 75.7 Å². The Labute approximate surface area is 191 Å². The van der Waals surface area contributed by atoms with Crippen LogP contribution < -0.4 is 5.32 Å². The van der Waals surface area contributed by atoms with E-state index < -0.39 is 17.1 Å². The molecule has 0 unspecified atom stereocenters. The number of nitrogens with zero attached hydrogens (tertiary/aromatic N) is 1. The summed E-state index contributed by atoms with van der Waals surface area (Å²) in [4.78, 5) is 28.2. The normalized spacial score (nSPS) is 21.3. The maximum Gasteiger partial charge on any atom is 0.252 e. The number of aryl methyl sites for hydroxylation is 2. The van der Waals surface area contributed by atoms with Crippen LogP contribution in [0.25, 0.3) is 0 Å². The van der Waals surface area contributed by atoms with Crippen LogP contribution in [0.2, 0.25) is 0 Å². The van der Waals surface area contributed by atoms with Gasteiger partial charge in [0.05, 0.1) is 5.60 Å². The molecule has 0 spiro atoms. The van der Waals surface area contributed by atoms with E-state index in [4.69, 9.17) is 0 Å². The third-order valence-electron chi connectivity index (χ3n) is 6.90. The van der Waals surface area contributed by atoms with Crippen molar-refractivity contribution in [1.82, 2.24) is 10.2 Å². The van der Waals surface area contributed by atoms with Crippen LogP contribution in [0.5, 0.6) is 0 Å². The molecule has 0 aromatic heterocycles. The van der Waals surface area contributed by atoms with Crippen LogP contribution in [0.1, 0.15) is 61.2 Å². The van der Waals surface area contributed by atoms with E-state index in [2.05, 4.69) is 5.32 Å². The molecular formula is C27H36N2O3. The van der Waals surface area contributed by atoms with Crippen molar-refractivity contribution in [1.29, 1.82) is 0 Å². The van der Waals surface area contributed by atoms with Gasteiger partial charge in [-0.2, -0.15) is 0 Å². The zero-order valence-corrected chi connectivity index (χ0v) is 20.1. The number of carbonyl (C=O) groups is 2. The highest BCUT2D eigenvalue weighted by Gasteiger charge is 2.50. The number of hydrogen-bond donors (Lipinski definition) is 2. The third kappa shape index (κ3) is 4.58. The van der Waals surface area contributed by atoms with E-state index in [-0.39, 0.29) is 17.7 Å². The number of carbonyl (C=O) groups excluding carboxylic acids is 2. The van der Waals surface area contributed by atoms with E-state index in [1.54, 1.807) is 11.0 Å². The molecule has 0 bridgehead atoms. The molecule has 3 rings (SSSR count). The third-order valence-corrected chi connectivity index (χ3v) is 6.90. The van der Waals surface area contributed by atoms with Gasteiger partial charge in [-0.25, -0.2) is 0 Å². The molecule has 0 saturated carbocycles. The zero-order chi connectivity index (χ0) is 23.7. The number of aliphatic hydroxyl groups is 1. The minimum Gasteiger partial charge on any atom is -0.384 e. The SMILES string of the molecule is Cc1ccc([C@@]2(O)CCN(C(=O)[C@H](NC(=O)c3ccccc3C)C(C)C)CC2(C)C)cc1. The average Bonchev–Trinajstić information content (AvgIpc) is 2.73. The van der Waals surface area contributed by atoms with Gasteiger partial charge in [0.15, 0.2) is 0 Å². The first-order valence-electron chi connectivity index (χ1n) is 11.4. The van der Waals surface area contributed by atoms with Gasteiger partial charge >= 0.3 is 0 Å². The molecule has 1 fully saturated rings. The van der Waals surface area contributed by atoms with Gasteiger partial charge in [-0.05, 0) is 43.4 Å². The van der Waals surface area contributed by atoms with Crippen molar-refractivity contribution in [2.45, 2.75) is 59.6 Å². The average molecular weight is 437 g/mol. The fourth-order valence-corrected chi connectivity index (χ4v) is 4.63. The molecule has 1 aliphatic heterocycles. The van der Waals surface area contributed by atoms with Crippen molar-refractivity contribution in [2.75, 3.05) is 13.1 Å². The highest BCUT2D eigenvalue weighted by atomic mass is 16.3. The van der Waals surface area contributed by atoms with Gasteiger partial charge < -0.3 is 15.3 Å². The number of benzene rings is 2. The number of nitrogens with one attached hydrogen (secondary N) is 1. The van der Waals surface area contributed by atoms with Gasteiger partial charge in [0.2, 0.25) is 5.91 Å². The molecule has 172 valence electrons. The highest BCUT2D eigenvalue weighted by molar-refractivity contribution is 5.98. The van der Waals surface area contributed by atoms with Crippen LogP contribution in [0.3, 0.4) is 0 Å². The van der Waals surface area contributed by atoms with Crippen LogP contribution in [-0.4, -0.2) is 41.0 Å². The predicted octanol–water partition coefficient (Wildman–Crippen LogP) is 4.20. The summed E-state index contributed by atoms with van der Waals surface area (Å²) in [5.41, 5.74) is 1.92. The second kappa shape index (κ2) is 9.07. The highest BCUT2D eigenvalue weighted by Crippen LogP contribution is 2.46. The van der Waals surface area contributed by atoms with E-state index >= 15 is 0 Å². The number of piperidine rings is 1. The smallest absolute Gasteiger partial charge is 0.252 e. The summed E-state index contributed by atoms with van der Waals surface area (Å²) < 4.78 is 0. The molecule has 0 radical (unpaired) electrons. The van der Waals surface area contributed by atoms with Crippen molar-refractivity contribution < 1.29 is 14.7 Å². The second-order valence-corrected chi connectivity index (χ2v) is 10.1. The molecule has 2 N–H and O–H groups in total. The summed E-state index contributed by atoms with van der Waals surface area (Å²) in [6.45, 7) is 12.7. The Balaban J connectivity index is 1.78. The molecule has 1 saturated heterocycles. The molecule has 5 nitrogen and oxygen atoms in total. The number of rotatable bonds is 5. The molecule has 1 heterocycles. The molecule has 32 heavy (non-hydrogen) atoms. The summed E-state index contributed by atoms with van der Waals surface area (Å²) in [5.74, 6) is -0.389.